The van der Waals surface area contributed by atoms with E-state index in [1.165, 1.54) is 0 Å². The minimum Gasteiger partial charge on any atom is -0.356 e. The molecule has 1 aliphatic rings. The molecule has 0 spiro atoms. The van der Waals surface area contributed by atoms with Crippen LogP contribution in [0.5, 0.6) is 0 Å². The second-order valence-electron chi connectivity index (χ2n) is 4.52. The molecule has 1 saturated heterocycles. The molecule has 1 aliphatic heterocycles. The number of nitrogens with one attached hydrogen (secondary N) is 2. The Balaban J connectivity index is 1.62. The lowest BCUT2D eigenvalue weighted by Crippen LogP contribution is -2.28. The summed E-state index contributed by atoms with van der Waals surface area (Å²) in [5, 5.41) is 9.38. The van der Waals surface area contributed by atoms with Crippen molar-refractivity contribution >= 4 is 17.2 Å². The number of nitrogens with zero attached hydrogens (tertiary/aromatic N) is 1. The Morgan fingerprint density at radius 1 is 1.71 bits per heavy atom. The van der Waals surface area contributed by atoms with Crippen molar-refractivity contribution < 1.29 is 4.79 Å². The molecule has 0 bridgehead atoms. The quantitative estimate of drug-likeness (QED) is 0.826. The molecule has 2 heterocycles. The predicted molar refractivity (Wildman–Crippen MR) is 69.2 cm³/mol. The molecular formula is C12H19N3OS. The second-order valence-corrected chi connectivity index (χ2v) is 5.58. The standard InChI is InChI=1S/C12H19N3OS/c1-9-15-11(8-17-9)3-5-14-12(16)6-10-2-4-13-7-10/h8,10,13H,2-7H2,1H3,(H,14,16). The maximum Gasteiger partial charge on any atom is 0.220 e. The van der Waals surface area contributed by atoms with Crippen molar-refractivity contribution in [3.63, 3.8) is 0 Å². The maximum atomic E-state index is 11.6. The zero-order chi connectivity index (χ0) is 12.1. The van der Waals surface area contributed by atoms with E-state index in [4.69, 9.17) is 0 Å². The molecule has 1 unspecified atom stereocenters. The van der Waals surface area contributed by atoms with Crippen LogP contribution >= 0.6 is 11.3 Å². The van der Waals surface area contributed by atoms with E-state index in [9.17, 15) is 4.79 Å². The van der Waals surface area contributed by atoms with Gasteiger partial charge in [-0.25, -0.2) is 4.98 Å². The van der Waals surface area contributed by atoms with Crippen molar-refractivity contribution in [3.05, 3.63) is 16.1 Å². The normalized spacial score (nSPS) is 19.5. The molecule has 0 saturated carbocycles. The first-order valence-corrected chi connectivity index (χ1v) is 7.00. The van der Waals surface area contributed by atoms with Gasteiger partial charge in [0.05, 0.1) is 10.7 Å². The zero-order valence-electron chi connectivity index (χ0n) is 10.2. The van der Waals surface area contributed by atoms with E-state index in [0.29, 0.717) is 18.9 Å². The number of amides is 1. The molecule has 1 aromatic rings. The summed E-state index contributed by atoms with van der Waals surface area (Å²) in [5.74, 6) is 0.696. The summed E-state index contributed by atoms with van der Waals surface area (Å²) in [6.07, 6.45) is 2.61. The lowest BCUT2D eigenvalue weighted by molar-refractivity contribution is -0.121. The molecule has 0 aromatic carbocycles. The van der Waals surface area contributed by atoms with Crippen molar-refractivity contribution in [1.29, 1.82) is 0 Å². The molecule has 1 aromatic heterocycles. The number of carbonyl (C=O) groups excluding carboxylic acids is 1. The summed E-state index contributed by atoms with van der Waals surface area (Å²) in [7, 11) is 0. The SMILES string of the molecule is Cc1nc(CCNC(=O)CC2CCNC2)cs1. The fourth-order valence-corrected chi connectivity index (χ4v) is 2.72. The van der Waals surface area contributed by atoms with Crippen LogP contribution in [-0.2, 0) is 11.2 Å². The summed E-state index contributed by atoms with van der Waals surface area (Å²) >= 11 is 1.66. The van der Waals surface area contributed by atoms with Crippen LogP contribution in [0.2, 0.25) is 0 Å². The Kier molecular flexibility index (Phi) is 4.50. The molecule has 2 rings (SSSR count). The fraction of sp³-hybridized carbons (Fsp3) is 0.667. The lowest BCUT2D eigenvalue weighted by Gasteiger charge is -2.08. The topological polar surface area (TPSA) is 54.0 Å². The number of thiazole rings is 1. The van der Waals surface area contributed by atoms with E-state index in [1.54, 1.807) is 11.3 Å². The van der Waals surface area contributed by atoms with Crippen LogP contribution in [0.25, 0.3) is 0 Å². The minimum absolute atomic E-state index is 0.172. The molecule has 0 radical (unpaired) electrons. The minimum atomic E-state index is 0.172. The Hall–Kier alpha value is -0.940. The Morgan fingerprint density at radius 2 is 2.59 bits per heavy atom. The third-order valence-corrected chi connectivity index (χ3v) is 3.83. The summed E-state index contributed by atoms with van der Waals surface area (Å²) < 4.78 is 0. The van der Waals surface area contributed by atoms with Gasteiger partial charge in [-0.1, -0.05) is 0 Å². The molecule has 5 heteroatoms. The number of carbonyl (C=O) groups is 1. The van der Waals surface area contributed by atoms with Gasteiger partial charge in [-0.2, -0.15) is 0 Å². The van der Waals surface area contributed by atoms with Crippen LogP contribution in [0.3, 0.4) is 0 Å². The van der Waals surface area contributed by atoms with Crippen LogP contribution in [0.1, 0.15) is 23.5 Å². The first kappa shape index (κ1) is 12.5. The highest BCUT2D eigenvalue weighted by atomic mass is 32.1. The molecule has 1 amide bonds. The monoisotopic (exact) mass is 253 g/mol. The van der Waals surface area contributed by atoms with E-state index in [1.807, 2.05) is 6.92 Å². The van der Waals surface area contributed by atoms with Crippen molar-refractivity contribution in [2.45, 2.75) is 26.2 Å². The van der Waals surface area contributed by atoms with Crippen molar-refractivity contribution in [2.75, 3.05) is 19.6 Å². The van der Waals surface area contributed by atoms with E-state index in [-0.39, 0.29) is 5.91 Å². The molecule has 17 heavy (non-hydrogen) atoms. The van der Waals surface area contributed by atoms with Gasteiger partial charge in [-0.3, -0.25) is 4.79 Å². The van der Waals surface area contributed by atoms with Gasteiger partial charge >= 0.3 is 0 Å². The number of hydrogen-bond acceptors (Lipinski definition) is 4. The molecule has 94 valence electrons. The molecule has 1 fully saturated rings. The highest BCUT2D eigenvalue weighted by Gasteiger charge is 2.17. The summed E-state index contributed by atoms with van der Waals surface area (Å²) in [6, 6.07) is 0. The van der Waals surface area contributed by atoms with Gasteiger partial charge in [0, 0.05) is 24.8 Å². The van der Waals surface area contributed by atoms with Gasteiger partial charge in [-0.15, -0.1) is 11.3 Å². The van der Waals surface area contributed by atoms with Gasteiger partial charge in [0.2, 0.25) is 5.91 Å². The Labute approximate surface area is 106 Å². The second kappa shape index (κ2) is 6.12. The van der Waals surface area contributed by atoms with Gasteiger partial charge in [-0.05, 0) is 32.4 Å². The zero-order valence-corrected chi connectivity index (χ0v) is 11.0. The third kappa shape index (κ3) is 4.09. The number of aryl methyl sites for hydroxylation is 1. The van der Waals surface area contributed by atoms with Gasteiger partial charge < -0.3 is 10.6 Å². The highest BCUT2D eigenvalue weighted by molar-refractivity contribution is 7.09. The van der Waals surface area contributed by atoms with E-state index < -0.39 is 0 Å². The van der Waals surface area contributed by atoms with E-state index in [2.05, 4.69) is 21.0 Å². The van der Waals surface area contributed by atoms with Crippen molar-refractivity contribution in [1.82, 2.24) is 15.6 Å². The number of rotatable bonds is 5. The highest BCUT2D eigenvalue weighted by Crippen LogP contribution is 2.11. The molecule has 2 N–H and O–H groups in total. The summed E-state index contributed by atoms with van der Waals surface area (Å²) in [4.78, 5) is 16.0. The number of hydrogen-bond donors (Lipinski definition) is 2. The largest absolute Gasteiger partial charge is 0.356 e. The van der Waals surface area contributed by atoms with Gasteiger partial charge in [0.15, 0.2) is 0 Å². The van der Waals surface area contributed by atoms with Crippen LogP contribution in [-0.4, -0.2) is 30.5 Å². The average Bonchev–Trinajstić information content (AvgIpc) is 2.90. The molecule has 4 nitrogen and oxygen atoms in total. The molecule has 1 atom stereocenters. The van der Waals surface area contributed by atoms with Crippen LogP contribution < -0.4 is 10.6 Å². The van der Waals surface area contributed by atoms with Gasteiger partial charge in [0.1, 0.15) is 0 Å². The van der Waals surface area contributed by atoms with Crippen LogP contribution in [0, 0.1) is 12.8 Å². The fourth-order valence-electron chi connectivity index (χ4n) is 2.08. The number of aromatic nitrogens is 1. The summed E-state index contributed by atoms with van der Waals surface area (Å²) in [6.45, 7) is 4.73. The first-order valence-electron chi connectivity index (χ1n) is 6.12. The van der Waals surface area contributed by atoms with E-state index in [0.717, 1.165) is 36.6 Å². The van der Waals surface area contributed by atoms with Crippen LogP contribution in [0.4, 0.5) is 0 Å². The Morgan fingerprint density at radius 3 is 3.24 bits per heavy atom. The molecule has 0 aliphatic carbocycles. The van der Waals surface area contributed by atoms with Gasteiger partial charge in [0.25, 0.3) is 0 Å². The van der Waals surface area contributed by atoms with Crippen molar-refractivity contribution in [2.24, 2.45) is 5.92 Å². The lowest BCUT2D eigenvalue weighted by atomic mass is 10.0. The van der Waals surface area contributed by atoms with Crippen molar-refractivity contribution in [3.8, 4) is 0 Å². The Bertz CT molecular complexity index is 372. The predicted octanol–water partition coefficient (Wildman–Crippen LogP) is 1.11. The average molecular weight is 253 g/mol. The molecular weight excluding hydrogens is 234 g/mol. The maximum absolute atomic E-state index is 11.6. The van der Waals surface area contributed by atoms with E-state index >= 15 is 0 Å². The third-order valence-electron chi connectivity index (χ3n) is 3.01. The summed E-state index contributed by atoms with van der Waals surface area (Å²) in [5.41, 5.74) is 1.08. The smallest absolute Gasteiger partial charge is 0.220 e. The van der Waals surface area contributed by atoms with Crippen LogP contribution in [0.15, 0.2) is 5.38 Å². The first-order chi connectivity index (χ1) is 8.24.